The molecule has 1 amide bonds. The first kappa shape index (κ1) is 22.7. The number of ketones is 1. The molecule has 0 saturated carbocycles. The van der Waals surface area contributed by atoms with Crippen molar-refractivity contribution in [3.05, 3.63) is 102 Å². The van der Waals surface area contributed by atoms with E-state index in [0.29, 0.717) is 12.0 Å². The summed E-state index contributed by atoms with van der Waals surface area (Å²) in [6.45, 7) is 3.90. The molecule has 1 saturated heterocycles. The number of Topliss-reactive ketones (excluding diaryl/α,β-unsaturated/α-hetero) is 1. The lowest BCUT2D eigenvalue weighted by atomic mass is 9.96. The van der Waals surface area contributed by atoms with Gasteiger partial charge in [-0.05, 0) is 42.8 Å². The quantitative estimate of drug-likeness (QED) is 0.581. The molecular formula is C28H31N3O2. The summed E-state index contributed by atoms with van der Waals surface area (Å²) >= 11 is 0. The van der Waals surface area contributed by atoms with Crippen LogP contribution in [0.4, 0.5) is 5.69 Å². The molecule has 1 aliphatic heterocycles. The molecular weight excluding hydrogens is 410 g/mol. The van der Waals surface area contributed by atoms with Gasteiger partial charge in [-0.1, -0.05) is 66.7 Å². The minimum absolute atomic E-state index is 0.0183. The van der Waals surface area contributed by atoms with Gasteiger partial charge in [0.25, 0.3) is 5.91 Å². The van der Waals surface area contributed by atoms with Gasteiger partial charge in [-0.25, -0.2) is 0 Å². The van der Waals surface area contributed by atoms with Gasteiger partial charge in [0.05, 0.1) is 6.04 Å². The summed E-state index contributed by atoms with van der Waals surface area (Å²) in [4.78, 5) is 31.1. The van der Waals surface area contributed by atoms with Gasteiger partial charge in [-0.3, -0.25) is 9.59 Å². The molecule has 1 fully saturated rings. The number of carbonyl (C=O) groups is 2. The van der Waals surface area contributed by atoms with Gasteiger partial charge in [0.15, 0.2) is 5.78 Å². The first-order chi connectivity index (χ1) is 16.1. The zero-order valence-corrected chi connectivity index (χ0v) is 19.1. The van der Waals surface area contributed by atoms with Gasteiger partial charge in [0, 0.05) is 43.9 Å². The summed E-state index contributed by atoms with van der Waals surface area (Å²) in [6.07, 6.45) is 0.754. The first-order valence-electron chi connectivity index (χ1n) is 11.5. The van der Waals surface area contributed by atoms with Crippen molar-refractivity contribution >= 4 is 17.4 Å². The van der Waals surface area contributed by atoms with Crippen molar-refractivity contribution in [3.8, 4) is 0 Å². The highest BCUT2D eigenvalue weighted by atomic mass is 16.2. The highest BCUT2D eigenvalue weighted by molar-refractivity contribution is 5.98. The van der Waals surface area contributed by atoms with E-state index >= 15 is 0 Å². The number of hydrogen-bond donors (Lipinski definition) is 1. The number of nitrogens with zero attached hydrogens (tertiary/aromatic N) is 2. The van der Waals surface area contributed by atoms with Crippen molar-refractivity contribution in [2.75, 3.05) is 38.1 Å². The molecule has 1 N–H and O–H groups in total. The highest BCUT2D eigenvalue weighted by Gasteiger charge is 2.24. The predicted molar refractivity (Wildman–Crippen MR) is 133 cm³/mol. The fourth-order valence-electron chi connectivity index (χ4n) is 4.25. The molecule has 170 valence electrons. The third-order valence-electron chi connectivity index (χ3n) is 6.21. The van der Waals surface area contributed by atoms with Crippen LogP contribution in [0.5, 0.6) is 0 Å². The SMILES string of the molecule is CN1CCN(c2ccccc2CC(=O)C(Cc2ccccc2)NC(=O)c2ccccc2)CC1. The van der Waals surface area contributed by atoms with Crippen LogP contribution in [0, 0.1) is 0 Å². The third-order valence-corrected chi connectivity index (χ3v) is 6.21. The molecule has 1 aliphatic rings. The van der Waals surface area contributed by atoms with Crippen molar-refractivity contribution < 1.29 is 9.59 Å². The summed E-state index contributed by atoms with van der Waals surface area (Å²) in [5.41, 5.74) is 3.71. The van der Waals surface area contributed by atoms with Crippen LogP contribution in [-0.2, 0) is 17.6 Å². The van der Waals surface area contributed by atoms with Crippen molar-refractivity contribution in [1.29, 1.82) is 0 Å². The van der Waals surface area contributed by atoms with Crippen molar-refractivity contribution in [1.82, 2.24) is 10.2 Å². The zero-order chi connectivity index (χ0) is 23.0. The second kappa shape index (κ2) is 10.9. The first-order valence-corrected chi connectivity index (χ1v) is 11.5. The van der Waals surface area contributed by atoms with Crippen LogP contribution >= 0.6 is 0 Å². The van der Waals surface area contributed by atoms with E-state index in [-0.39, 0.29) is 18.1 Å². The zero-order valence-electron chi connectivity index (χ0n) is 19.1. The van der Waals surface area contributed by atoms with Gasteiger partial charge in [-0.2, -0.15) is 0 Å². The van der Waals surface area contributed by atoms with Crippen LogP contribution in [0.3, 0.4) is 0 Å². The number of rotatable bonds is 8. The summed E-state index contributed by atoms with van der Waals surface area (Å²) in [5, 5.41) is 3.00. The molecule has 33 heavy (non-hydrogen) atoms. The Bertz CT molecular complexity index is 1060. The molecule has 0 radical (unpaired) electrons. The average molecular weight is 442 g/mol. The van der Waals surface area contributed by atoms with E-state index in [1.807, 2.05) is 66.7 Å². The third kappa shape index (κ3) is 6.08. The molecule has 4 rings (SSSR count). The summed E-state index contributed by atoms with van der Waals surface area (Å²) in [5.74, 6) is -0.207. The summed E-state index contributed by atoms with van der Waals surface area (Å²) < 4.78 is 0. The van der Waals surface area contributed by atoms with Crippen molar-refractivity contribution in [3.63, 3.8) is 0 Å². The maximum atomic E-state index is 13.5. The minimum atomic E-state index is -0.597. The second-order valence-corrected chi connectivity index (χ2v) is 8.64. The van der Waals surface area contributed by atoms with E-state index in [0.717, 1.165) is 43.0 Å². The van der Waals surface area contributed by atoms with E-state index in [9.17, 15) is 9.59 Å². The smallest absolute Gasteiger partial charge is 0.251 e. The molecule has 1 heterocycles. The number of likely N-dealkylation sites (N-methyl/N-ethyl adjacent to an activating group) is 1. The summed E-state index contributed by atoms with van der Waals surface area (Å²) in [6, 6.07) is 26.5. The van der Waals surface area contributed by atoms with Crippen LogP contribution in [0.25, 0.3) is 0 Å². The Balaban J connectivity index is 1.53. The van der Waals surface area contributed by atoms with E-state index in [2.05, 4.69) is 28.2 Å². The monoisotopic (exact) mass is 441 g/mol. The Labute approximate surface area is 196 Å². The predicted octanol–water partition coefficient (Wildman–Crippen LogP) is 3.59. The molecule has 0 spiro atoms. The highest BCUT2D eigenvalue weighted by Crippen LogP contribution is 2.23. The van der Waals surface area contributed by atoms with Crippen LogP contribution in [0.2, 0.25) is 0 Å². The van der Waals surface area contributed by atoms with Crippen LogP contribution in [-0.4, -0.2) is 55.9 Å². The molecule has 0 aromatic heterocycles. The lowest BCUT2D eigenvalue weighted by Gasteiger charge is -2.35. The maximum Gasteiger partial charge on any atom is 0.251 e. The fourth-order valence-corrected chi connectivity index (χ4v) is 4.25. The molecule has 5 heteroatoms. The number of anilines is 1. The standard InChI is InChI=1S/C28H31N3O2/c1-30-16-18-31(19-17-30)26-15-9-8-14-24(26)21-27(32)25(20-22-10-4-2-5-11-22)29-28(33)23-12-6-3-7-13-23/h2-15,25H,16-21H2,1H3,(H,29,33). The average Bonchev–Trinajstić information content (AvgIpc) is 2.85. The molecule has 3 aromatic carbocycles. The molecule has 0 bridgehead atoms. The Morgan fingerprint density at radius 1 is 0.818 bits per heavy atom. The number of carbonyl (C=O) groups excluding carboxylic acids is 2. The minimum Gasteiger partial charge on any atom is -0.369 e. The van der Waals surface area contributed by atoms with Crippen LogP contribution in [0.15, 0.2) is 84.9 Å². The number of benzene rings is 3. The number of para-hydroxylation sites is 1. The molecule has 5 nitrogen and oxygen atoms in total. The number of amides is 1. The largest absolute Gasteiger partial charge is 0.369 e. The van der Waals surface area contributed by atoms with Crippen molar-refractivity contribution in [2.45, 2.75) is 18.9 Å². The Morgan fingerprint density at radius 2 is 1.42 bits per heavy atom. The van der Waals surface area contributed by atoms with E-state index in [1.54, 1.807) is 12.1 Å². The van der Waals surface area contributed by atoms with E-state index in [1.165, 1.54) is 0 Å². The van der Waals surface area contributed by atoms with Gasteiger partial charge >= 0.3 is 0 Å². The Morgan fingerprint density at radius 3 is 2.12 bits per heavy atom. The van der Waals surface area contributed by atoms with E-state index < -0.39 is 6.04 Å². The molecule has 3 aromatic rings. The van der Waals surface area contributed by atoms with Gasteiger partial charge in [0.1, 0.15) is 0 Å². The molecule has 1 unspecified atom stereocenters. The van der Waals surface area contributed by atoms with Gasteiger partial charge in [0.2, 0.25) is 0 Å². The molecule has 0 aliphatic carbocycles. The van der Waals surface area contributed by atoms with Crippen LogP contribution in [0.1, 0.15) is 21.5 Å². The maximum absolute atomic E-state index is 13.5. The van der Waals surface area contributed by atoms with Crippen LogP contribution < -0.4 is 10.2 Å². The van der Waals surface area contributed by atoms with Gasteiger partial charge < -0.3 is 15.1 Å². The number of hydrogen-bond acceptors (Lipinski definition) is 4. The second-order valence-electron chi connectivity index (χ2n) is 8.64. The Kier molecular flexibility index (Phi) is 7.53. The topological polar surface area (TPSA) is 52.6 Å². The fraction of sp³-hybridized carbons (Fsp3) is 0.286. The number of nitrogens with one attached hydrogen (secondary N) is 1. The lowest BCUT2D eigenvalue weighted by Crippen LogP contribution is -2.45. The lowest BCUT2D eigenvalue weighted by molar-refractivity contribution is -0.120. The van der Waals surface area contributed by atoms with Gasteiger partial charge in [-0.15, -0.1) is 0 Å². The van der Waals surface area contributed by atoms with E-state index in [4.69, 9.17) is 0 Å². The summed E-state index contributed by atoms with van der Waals surface area (Å²) in [7, 11) is 2.14. The number of piperazine rings is 1. The molecule has 1 atom stereocenters. The van der Waals surface area contributed by atoms with Crippen molar-refractivity contribution in [2.24, 2.45) is 0 Å². The Hall–Kier alpha value is -3.44. The normalized spacial score (nSPS) is 15.1.